The van der Waals surface area contributed by atoms with E-state index in [0.717, 1.165) is 41.7 Å². The Balaban J connectivity index is 1.55. The lowest BCUT2D eigenvalue weighted by Crippen LogP contribution is -2.10. The molecule has 0 atom stereocenters. The summed E-state index contributed by atoms with van der Waals surface area (Å²) in [6.45, 7) is 4.29. The fourth-order valence-electron chi connectivity index (χ4n) is 3.19. The van der Waals surface area contributed by atoms with Gasteiger partial charge in [-0.15, -0.1) is 22.7 Å². The van der Waals surface area contributed by atoms with Crippen LogP contribution in [0.3, 0.4) is 0 Å². The van der Waals surface area contributed by atoms with E-state index in [4.69, 9.17) is 4.74 Å². The highest BCUT2D eigenvalue weighted by Crippen LogP contribution is 2.39. The minimum Gasteiger partial charge on any atom is -0.493 e. The molecule has 0 saturated heterocycles. The lowest BCUT2D eigenvalue weighted by atomic mass is 10.1. The molecule has 0 spiro atoms. The molecule has 4 rings (SSSR count). The third kappa shape index (κ3) is 4.69. The number of imidazole rings is 1. The average molecular weight is 467 g/mol. The molecule has 3 heterocycles. The predicted octanol–water partition coefficient (Wildman–Crippen LogP) is 7.16. The molecule has 3 aromatic heterocycles. The van der Waals surface area contributed by atoms with Crippen LogP contribution in [0.5, 0.6) is 5.75 Å². The first kappa shape index (κ1) is 21.6. The van der Waals surface area contributed by atoms with Gasteiger partial charge in [-0.25, -0.2) is 9.97 Å². The topological polar surface area (TPSA) is 51.5 Å². The molecule has 0 aliphatic heterocycles. The molecule has 0 aliphatic rings. The number of aryl methyl sites for hydroxylation is 1. The summed E-state index contributed by atoms with van der Waals surface area (Å²) in [5.74, 6) is -0.149. The average Bonchev–Trinajstić information content (AvgIpc) is 3.44. The first-order valence-corrected chi connectivity index (χ1v) is 11.6. The number of unbranched alkanes of at least 4 members (excludes halogenated alkanes) is 2. The summed E-state index contributed by atoms with van der Waals surface area (Å²) in [6.07, 6.45) is -0.135. The van der Waals surface area contributed by atoms with E-state index in [1.165, 1.54) is 17.4 Å². The van der Waals surface area contributed by atoms with E-state index < -0.39 is 11.7 Å². The van der Waals surface area contributed by atoms with Crippen molar-refractivity contribution in [3.63, 3.8) is 0 Å². The second kappa shape index (κ2) is 8.88. The molecule has 4 aromatic rings. The highest BCUT2D eigenvalue weighted by molar-refractivity contribution is 7.15. The van der Waals surface area contributed by atoms with Crippen LogP contribution < -0.4 is 10.1 Å². The van der Waals surface area contributed by atoms with Crippen LogP contribution in [0, 0.1) is 6.92 Å². The molecule has 5 nitrogen and oxygen atoms in total. The van der Waals surface area contributed by atoms with Crippen LogP contribution in [-0.4, -0.2) is 21.0 Å². The van der Waals surface area contributed by atoms with Gasteiger partial charge in [0, 0.05) is 22.1 Å². The van der Waals surface area contributed by atoms with Gasteiger partial charge in [-0.05, 0) is 31.5 Å². The van der Waals surface area contributed by atoms with Crippen LogP contribution in [0.15, 0.2) is 35.2 Å². The zero-order valence-corrected chi connectivity index (χ0v) is 18.6. The normalized spacial score (nSPS) is 11.9. The maximum Gasteiger partial charge on any atom is 0.420 e. The first-order chi connectivity index (χ1) is 14.9. The van der Waals surface area contributed by atoms with Gasteiger partial charge in [0.25, 0.3) is 0 Å². The van der Waals surface area contributed by atoms with Gasteiger partial charge in [-0.1, -0.05) is 19.8 Å². The number of aromatic nitrogens is 3. The second-order valence-corrected chi connectivity index (χ2v) is 8.76. The summed E-state index contributed by atoms with van der Waals surface area (Å²) < 4.78 is 48.1. The summed E-state index contributed by atoms with van der Waals surface area (Å²) in [5.41, 5.74) is 2.13. The molecule has 0 fully saturated rings. The minimum absolute atomic E-state index is 0.149. The molecule has 0 saturated carbocycles. The van der Waals surface area contributed by atoms with E-state index in [0.29, 0.717) is 16.5 Å². The van der Waals surface area contributed by atoms with E-state index in [2.05, 4.69) is 15.3 Å². The Labute approximate surface area is 185 Å². The summed E-state index contributed by atoms with van der Waals surface area (Å²) in [4.78, 5) is 9.80. The lowest BCUT2D eigenvalue weighted by Gasteiger charge is -2.15. The molecule has 0 aliphatic carbocycles. The number of fused-ring (bicyclic) bond motifs is 1. The van der Waals surface area contributed by atoms with Crippen molar-refractivity contribution < 1.29 is 17.9 Å². The van der Waals surface area contributed by atoms with Crippen LogP contribution in [-0.2, 0) is 6.18 Å². The molecule has 0 unspecified atom stereocenters. The molecule has 0 radical (unpaired) electrons. The Kier molecular flexibility index (Phi) is 6.19. The zero-order valence-electron chi connectivity index (χ0n) is 17.0. The smallest absolute Gasteiger partial charge is 0.420 e. The maximum atomic E-state index is 13.6. The molecular weight excluding hydrogens is 445 g/mol. The zero-order chi connectivity index (χ0) is 22.0. The summed E-state index contributed by atoms with van der Waals surface area (Å²) in [6, 6.07) is 4.00. The molecule has 31 heavy (non-hydrogen) atoms. The quantitative estimate of drug-likeness (QED) is 0.280. The number of thiazole rings is 2. The number of hydrogen-bond donors (Lipinski definition) is 1. The van der Waals surface area contributed by atoms with Crippen molar-refractivity contribution in [3.8, 4) is 17.1 Å². The number of benzene rings is 1. The monoisotopic (exact) mass is 466 g/mol. The van der Waals surface area contributed by atoms with Crippen LogP contribution in [0.25, 0.3) is 16.3 Å². The molecule has 164 valence electrons. The molecule has 0 bridgehead atoms. The van der Waals surface area contributed by atoms with Crippen molar-refractivity contribution >= 4 is 38.5 Å². The molecule has 1 aromatic carbocycles. The van der Waals surface area contributed by atoms with Gasteiger partial charge in [-0.2, -0.15) is 13.2 Å². The number of alkyl halides is 3. The Morgan fingerprint density at radius 1 is 1.16 bits per heavy atom. The minimum atomic E-state index is -4.51. The third-order valence-corrected chi connectivity index (χ3v) is 6.44. The Hall–Kier alpha value is -2.59. The van der Waals surface area contributed by atoms with Crippen molar-refractivity contribution in [2.45, 2.75) is 39.3 Å². The number of ether oxygens (including phenoxy) is 1. The van der Waals surface area contributed by atoms with Gasteiger partial charge in [-0.3, -0.25) is 4.40 Å². The Morgan fingerprint density at radius 2 is 2.00 bits per heavy atom. The number of nitrogens with zero attached hydrogens (tertiary/aromatic N) is 3. The number of rotatable bonds is 8. The molecule has 10 heteroatoms. The van der Waals surface area contributed by atoms with E-state index in [-0.39, 0.29) is 12.4 Å². The van der Waals surface area contributed by atoms with E-state index in [1.807, 2.05) is 29.0 Å². The number of nitrogens with one attached hydrogen (secondary N) is 1. The lowest BCUT2D eigenvalue weighted by molar-refractivity contribution is -0.138. The number of hydrogen-bond acceptors (Lipinski definition) is 6. The largest absolute Gasteiger partial charge is 0.493 e. The molecular formula is C21H21F3N4OS2. The second-order valence-electron chi connectivity index (χ2n) is 7.07. The fraction of sp³-hybridized carbons (Fsp3) is 0.333. The van der Waals surface area contributed by atoms with Gasteiger partial charge < -0.3 is 10.1 Å². The summed E-state index contributed by atoms with van der Waals surface area (Å²) in [7, 11) is 0. The molecule has 1 N–H and O–H groups in total. The highest BCUT2D eigenvalue weighted by Gasteiger charge is 2.34. The van der Waals surface area contributed by atoms with Crippen molar-refractivity contribution in [3.05, 3.63) is 46.4 Å². The Bertz CT molecular complexity index is 1180. The fourth-order valence-corrected chi connectivity index (χ4v) is 4.76. The Morgan fingerprint density at radius 3 is 2.77 bits per heavy atom. The van der Waals surface area contributed by atoms with Crippen LogP contribution in [0.4, 0.5) is 24.0 Å². The van der Waals surface area contributed by atoms with Crippen molar-refractivity contribution in [1.29, 1.82) is 0 Å². The van der Waals surface area contributed by atoms with E-state index in [1.54, 1.807) is 23.6 Å². The van der Waals surface area contributed by atoms with E-state index in [9.17, 15) is 13.2 Å². The van der Waals surface area contributed by atoms with Gasteiger partial charge in [0.15, 0.2) is 10.1 Å². The van der Waals surface area contributed by atoms with Gasteiger partial charge in [0.05, 0.1) is 24.1 Å². The number of anilines is 2. The summed E-state index contributed by atoms with van der Waals surface area (Å²) >= 11 is 2.87. The maximum absolute atomic E-state index is 13.6. The van der Waals surface area contributed by atoms with E-state index >= 15 is 0 Å². The van der Waals surface area contributed by atoms with Gasteiger partial charge in [0.2, 0.25) is 0 Å². The van der Waals surface area contributed by atoms with Gasteiger partial charge >= 0.3 is 6.18 Å². The van der Waals surface area contributed by atoms with Crippen LogP contribution in [0.1, 0.15) is 37.4 Å². The predicted molar refractivity (Wildman–Crippen MR) is 119 cm³/mol. The summed E-state index contributed by atoms with van der Waals surface area (Å²) in [5, 5.41) is 7.36. The molecule has 0 amide bonds. The van der Waals surface area contributed by atoms with Crippen LogP contribution >= 0.6 is 22.7 Å². The van der Waals surface area contributed by atoms with Crippen molar-refractivity contribution in [1.82, 2.24) is 14.4 Å². The van der Waals surface area contributed by atoms with Gasteiger partial charge in [0.1, 0.15) is 11.4 Å². The third-order valence-electron chi connectivity index (χ3n) is 4.73. The SMILES string of the molecule is CCCCCOc1ccc(Nc2nc(-c3cnc4scc(C)n34)cs2)cc1C(F)(F)F. The number of halogens is 3. The van der Waals surface area contributed by atoms with Crippen molar-refractivity contribution in [2.24, 2.45) is 0 Å². The highest BCUT2D eigenvalue weighted by atomic mass is 32.1. The van der Waals surface area contributed by atoms with Crippen LogP contribution in [0.2, 0.25) is 0 Å². The standard InChI is InChI=1S/C21H21F3N4OS2/c1-3-4-5-8-29-18-7-6-14(9-15(18)21(22,23)24)26-19-27-16(12-30-19)17-10-25-20-28(17)13(2)11-31-20/h6-7,9-12H,3-5,8H2,1-2H3,(H,26,27). The first-order valence-electron chi connectivity index (χ1n) is 9.85. The van der Waals surface area contributed by atoms with Crippen molar-refractivity contribution in [2.75, 3.05) is 11.9 Å².